The van der Waals surface area contributed by atoms with Gasteiger partial charge in [0.1, 0.15) is 6.17 Å². The number of alkyl halides is 1. The van der Waals surface area contributed by atoms with Crippen molar-refractivity contribution in [3.8, 4) is 0 Å². The molecule has 0 radical (unpaired) electrons. The number of hydrogen-bond donors (Lipinski definition) is 0. The van der Waals surface area contributed by atoms with E-state index >= 15 is 0 Å². The highest BCUT2D eigenvalue weighted by Gasteiger charge is 2.27. The molecule has 2 nitrogen and oxygen atoms in total. The van der Waals surface area contributed by atoms with Crippen LogP contribution in [0.25, 0.3) is 0 Å². The van der Waals surface area contributed by atoms with Gasteiger partial charge in [0.15, 0.2) is 0 Å². The van der Waals surface area contributed by atoms with Gasteiger partial charge in [0.05, 0.1) is 6.54 Å². The van der Waals surface area contributed by atoms with Crippen LogP contribution in [-0.2, 0) is 6.54 Å². The molecule has 0 saturated carbocycles. The van der Waals surface area contributed by atoms with Gasteiger partial charge in [-0.15, -0.1) is 0 Å². The second-order valence-corrected chi connectivity index (χ2v) is 4.76. The minimum atomic E-state index is -0.986. The number of amides is 1. The van der Waals surface area contributed by atoms with Gasteiger partial charge in [-0.1, -0.05) is 30.3 Å². The van der Waals surface area contributed by atoms with E-state index in [1.54, 1.807) is 29.2 Å². The Morgan fingerprint density at radius 1 is 1.11 bits per heavy atom. The average Bonchev–Trinajstić information content (AvgIpc) is 2.77. The summed E-state index contributed by atoms with van der Waals surface area (Å²) in [6.45, 7) is 2.09. The highest BCUT2D eigenvalue weighted by Crippen LogP contribution is 2.29. The predicted molar refractivity (Wildman–Crippen MR) is 72.9 cm³/mol. The zero-order chi connectivity index (χ0) is 13.4. The summed E-state index contributed by atoms with van der Waals surface area (Å²) in [6.07, 6.45) is -0.986. The molecule has 0 aliphatic carbocycles. The van der Waals surface area contributed by atoms with E-state index < -0.39 is 6.17 Å². The summed E-state index contributed by atoms with van der Waals surface area (Å²) >= 11 is 0. The molecule has 0 fully saturated rings. The summed E-state index contributed by atoms with van der Waals surface area (Å²) in [5.74, 6) is 0.0108. The molecule has 1 aliphatic heterocycles. The van der Waals surface area contributed by atoms with Gasteiger partial charge in [0, 0.05) is 11.3 Å². The third-order valence-corrected chi connectivity index (χ3v) is 3.49. The highest BCUT2D eigenvalue weighted by molar-refractivity contribution is 6.09. The Morgan fingerprint density at radius 3 is 2.42 bits per heavy atom. The third-order valence-electron chi connectivity index (χ3n) is 3.49. The van der Waals surface area contributed by atoms with Crippen molar-refractivity contribution in [1.29, 1.82) is 0 Å². The number of anilines is 1. The van der Waals surface area contributed by atoms with Crippen LogP contribution in [0.2, 0.25) is 0 Å². The van der Waals surface area contributed by atoms with E-state index in [1.165, 1.54) is 6.92 Å². The summed E-state index contributed by atoms with van der Waals surface area (Å²) in [7, 11) is 0. The maximum atomic E-state index is 13.2. The first-order valence-electron chi connectivity index (χ1n) is 6.30. The van der Waals surface area contributed by atoms with Gasteiger partial charge in [-0.2, -0.15) is 0 Å². The number of rotatable bonds is 2. The van der Waals surface area contributed by atoms with Crippen molar-refractivity contribution in [3.63, 3.8) is 0 Å². The van der Waals surface area contributed by atoms with E-state index in [-0.39, 0.29) is 5.91 Å². The molecule has 2 aromatic rings. The lowest BCUT2D eigenvalue weighted by Gasteiger charge is -2.16. The van der Waals surface area contributed by atoms with Gasteiger partial charge in [0.2, 0.25) is 0 Å². The van der Waals surface area contributed by atoms with Crippen LogP contribution in [0.1, 0.15) is 34.6 Å². The summed E-state index contributed by atoms with van der Waals surface area (Å²) in [5.41, 5.74) is 3.24. The number of carbonyl (C=O) groups is 1. The van der Waals surface area contributed by atoms with Crippen LogP contribution >= 0.6 is 0 Å². The lowest BCUT2D eigenvalue weighted by atomic mass is 10.1. The number of fused-ring (bicyclic) bond motifs is 1. The number of carbonyl (C=O) groups excluding carboxylic acids is 1. The van der Waals surface area contributed by atoms with Crippen molar-refractivity contribution in [2.24, 2.45) is 0 Å². The molecule has 3 rings (SSSR count). The molecular formula is C16H14FNO. The van der Waals surface area contributed by atoms with Gasteiger partial charge >= 0.3 is 0 Å². The Labute approximate surface area is 111 Å². The lowest BCUT2D eigenvalue weighted by molar-refractivity contribution is 0.0996. The Balaban J connectivity index is 1.91. The van der Waals surface area contributed by atoms with Crippen LogP contribution in [-0.4, -0.2) is 5.91 Å². The van der Waals surface area contributed by atoms with Gasteiger partial charge in [-0.05, 0) is 36.2 Å². The minimum absolute atomic E-state index is 0.0108. The summed E-state index contributed by atoms with van der Waals surface area (Å²) in [6, 6.07) is 14.7. The van der Waals surface area contributed by atoms with E-state index in [1.807, 2.05) is 24.3 Å². The van der Waals surface area contributed by atoms with Gasteiger partial charge < -0.3 is 4.90 Å². The molecule has 0 aromatic heterocycles. The Morgan fingerprint density at radius 2 is 1.79 bits per heavy atom. The van der Waals surface area contributed by atoms with Crippen molar-refractivity contribution >= 4 is 11.6 Å². The Kier molecular flexibility index (Phi) is 2.82. The normalized spacial score (nSPS) is 15.5. The number of benzene rings is 2. The number of halogens is 1. The first kappa shape index (κ1) is 11.9. The molecule has 0 spiro atoms. The van der Waals surface area contributed by atoms with Gasteiger partial charge in [0.25, 0.3) is 5.91 Å². The topological polar surface area (TPSA) is 20.3 Å². The zero-order valence-electron chi connectivity index (χ0n) is 10.6. The smallest absolute Gasteiger partial charge is 0.258 e. The van der Waals surface area contributed by atoms with E-state index in [2.05, 4.69) is 0 Å². The van der Waals surface area contributed by atoms with Crippen molar-refractivity contribution in [3.05, 3.63) is 65.2 Å². The number of hydrogen-bond acceptors (Lipinski definition) is 1. The maximum Gasteiger partial charge on any atom is 0.258 e. The third kappa shape index (κ3) is 2.01. The fourth-order valence-electron chi connectivity index (χ4n) is 2.38. The van der Waals surface area contributed by atoms with Crippen LogP contribution in [0.4, 0.5) is 10.1 Å². The zero-order valence-corrected chi connectivity index (χ0v) is 10.6. The average molecular weight is 255 g/mol. The molecule has 96 valence electrons. The van der Waals surface area contributed by atoms with Gasteiger partial charge in [-0.25, -0.2) is 4.39 Å². The second kappa shape index (κ2) is 4.50. The Bertz CT molecular complexity index is 619. The second-order valence-electron chi connectivity index (χ2n) is 4.76. The monoisotopic (exact) mass is 255 g/mol. The molecule has 0 N–H and O–H groups in total. The number of nitrogens with zero attached hydrogens (tertiary/aromatic N) is 1. The van der Waals surface area contributed by atoms with E-state index in [0.717, 1.165) is 16.8 Å². The van der Waals surface area contributed by atoms with Crippen molar-refractivity contribution in [2.75, 3.05) is 4.90 Å². The molecular weight excluding hydrogens is 241 g/mol. The van der Waals surface area contributed by atoms with E-state index in [0.29, 0.717) is 12.1 Å². The summed E-state index contributed by atoms with van der Waals surface area (Å²) in [5, 5.41) is 0. The quantitative estimate of drug-likeness (QED) is 0.797. The lowest BCUT2D eigenvalue weighted by Crippen LogP contribution is -2.22. The first-order valence-corrected chi connectivity index (χ1v) is 6.30. The largest absolute Gasteiger partial charge is 0.304 e. The fourth-order valence-corrected chi connectivity index (χ4v) is 2.38. The molecule has 0 bridgehead atoms. The van der Waals surface area contributed by atoms with Gasteiger partial charge in [-0.3, -0.25) is 4.79 Å². The summed E-state index contributed by atoms with van der Waals surface area (Å²) in [4.78, 5) is 14.0. The molecule has 1 amide bonds. The van der Waals surface area contributed by atoms with Crippen LogP contribution in [0.5, 0.6) is 0 Å². The molecule has 1 aliphatic rings. The minimum Gasteiger partial charge on any atom is -0.304 e. The highest BCUT2D eigenvalue weighted by atomic mass is 19.1. The molecule has 1 atom stereocenters. The SMILES string of the molecule is CC(F)c1ccc(N2Cc3ccccc3C2=O)cc1. The standard InChI is InChI=1S/C16H14FNO/c1-11(17)12-6-8-14(9-7-12)18-10-13-4-2-3-5-15(13)16(18)19/h2-9,11H,10H2,1H3. The molecule has 1 heterocycles. The predicted octanol–water partition coefficient (Wildman–Crippen LogP) is 3.88. The van der Waals surface area contributed by atoms with Crippen LogP contribution in [0.15, 0.2) is 48.5 Å². The first-order chi connectivity index (χ1) is 9.16. The molecule has 1 unspecified atom stereocenters. The fraction of sp³-hybridized carbons (Fsp3) is 0.188. The van der Waals surface area contributed by atoms with Crippen LogP contribution < -0.4 is 4.90 Å². The van der Waals surface area contributed by atoms with E-state index in [4.69, 9.17) is 0 Å². The molecule has 19 heavy (non-hydrogen) atoms. The molecule has 3 heteroatoms. The van der Waals surface area contributed by atoms with Crippen molar-refractivity contribution in [2.45, 2.75) is 19.6 Å². The van der Waals surface area contributed by atoms with Crippen LogP contribution in [0, 0.1) is 0 Å². The van der Waals surface area contributed by atoms with Crippen molar-refractivity contribution in [1.82, 2.24) is 0 Å². The summed E-state index contributed by atoms with van der Waals surface area (Å²) < 4.78 is 13.2. The molecule has 2 aromatic carbocycles. The van der Waals surface area contributed by atoms with E-state index in [9.17, 15) is 9.18 Å². The maximum absolute atomic E-state index is 13.2. The molecule has 0 saturated heterocycles. The van der Waals surface area contributed by atoms with Crippen LogP contribution in [0.3, 0.4) is 0 Å². The van der Waals surface area contributed by atoms with Crippen molar-refractivity contribution < 1.29 is 9.18 Å². The Hall–Kier alpha value is -2.16.